The predicted octanol–water partition coefficient (Wildman–Crippen LogP) is 4.25. The molecule has 1 aromatic rings. The Labute approximate surface area is 134 Å². The van der Waals surface area contributed by atoms with E-state index in [1.165, 1.54) is 6.92 Å². The highest BCUT2D eigenvalue weighted by Crippen LogP contribution is 2.34. The maximum atomic E-state index is 11.6. The van der Waals surface area contributed by atoms with E-state index in [9.17, 15) is 9.59 Å². The minimum Gasteiger partial charge on any atom is -0.305 e. The normalized spacial score (nSPS) is 11.8. The van der Waals surface area contributed by atoms with Crippen LogP contribution in [0.3, 0.4) is 0 Å². The van der Waals surface area contributed by atoms with Gasteiger partial charge >= 0.3 is 6.03 Å². The first-order chi connectivity index (χ1) is 8.31. The first-order valence-corrected chi connectivity index (χ1v) is 7.53. The Hall–Kier alpha value is -0.110. The van der Waals surface area contributed by atoms with Crippen molar-refractivity contribution in [1.29, 1.82) is 0 Å². The molecule has 0 radical (unpaired) electrons. The van der Waals surface area contributed by atoms with Gasteiger partial charge in [-0.1, -0.05) is 15.9 Å². The average molecular weight is 463 g/mol. The van der Waals surface area contributed by atoms with Crippen LogP contribution in [0.5, 0.6) is 0 Å². The smallest absolute Gasteiger partial charge is 0.305 e. The quantitative estimate of drug-likeness (QED) is 0.645. The molecule has 0 aliphatic carbocycles. The first-order valence-electron chi connectivity index (χ1n) is 4.71. The molecule has 18 heavy (non-hydrogen) atoms. The fourth-order valence-electron chi connectivity index (χ4n) is 1.02. The third-order valence-corrected chi connectivity index (χ3v) is 3.75. The summed E-state index contributed by atoms with van der Waals surface area (Å²) in [5, 5.41) is 3.90. The summed E-state index contributed by atoms with van der Waals surface area (Å²) in [6.45, 7) is 1.48. The Morgan fingerprint density at radius 1 is 1.22 bits per heavy atom. The minimum absolute atomic E-state index is 0.519. The number of nitrogens with one attached hydrogen (secondary N) is 2. The zero-order chi connectivity index (χ0) is 13.9. The molecule has 1 aromatic carbocycles. The summed E-state index contributed by atoms with van der Waals surface area (Å²) >= 11 is 15.5. The maximum absolute atomic E-state index is 11.6. The van der Waals surface area contributed by atoms with E-state index in [2.05, 4.69) is 58.4 Å². The molecule has 4 nitrogen and oxygen atoms in total. The molecular formula is C10H8Br3ClN2O2. The zero-order valence-corrected chi connectivity index (χ0v) is 14.6. The van der Waals surface area contributed by atoms with Gasteiger partial charge in [0.15, 0.2) is 0 Å². The topological polar surface area (TPSA) is 58.2 Å². The van der Waals surface area contributed by atoms with Crippen molar-refractivity contribution >= 4 is 77.0 Å². The average Bonchev–Trinajstić information content (AvgIpc) is 2.23. The molecule has 1 rings (SSSR count). The van der Waals surface area contributed by atoms with Crippen LogP contribution in [0.1, 0.15) is 6.92 Å². The number of anilines is 1. The van der Waals surface area contributed by atoms with Gasteiger partial charge in [0.05, 0.1) is 5.69 Å². The van der Waals surface area contributed by atoms with Crippen molar-refractivity contribution in [2.45, 2.75) is 12.3 Å². The van der Waals surface area contributed by atoms with Crippen LogP contribution in [0, 0.1) is 0 Å². The molecule has 0 heterocycles. The largest absolute Gasteiger partial charge is 0.325 e. The Morgan fingerprint density at radius 2 is 1.72 bits per heavy atom. The molecule has 3 amide bonds. The number of hydrogen-bond acceptors (Lipinski definition) is 2. The Kier molecular flexibility index (Phi) is 6.10. The van der Waals surface area contributed by atoms with Crippen molar-refractivity contribution in [3.8, 4) is 0 Å². The summed E-state index contributed by atoms with van der Waals surface area (Å²) < 4.78 is 2.19. The van der Waals surface area contributed by atoms with E-state index in [1.54, 1.807) is 12.1 Å². The molecule has 8 heteroatoms. The van der Waals surface area contributed by atoms with Crippen LogP contribution in [-0.4, -0.2) is 17.3 Å². The fourth-order valence-corrected chi connectivity index (χ4v) is 3.53. The van der Waals surface area contributed by atoms with Gasteiger partial charge in [-0.15, -0.1) is 11.6 Å². The van der Waals surface area contributed by atoms with E-state index < -0.39 is 17.3 Å². The number of urea groups is 1. The fraction of sp³-hybridized carbons (Fsp3) is 0.200. The summed E-state index contributed by atoms with van der Waals surface area (Å²) in [7, 11) is 0. The van der Waals surface area contributed by atoms with Crippen LogP contribution < -0.4 is 10.6 Å². The zero-order valence-electron chi connectivity index (χ0n) is 9.06. The predicted molar refractivity (Wildman–Crippen MR) is 82.0 cm³/mol. The second-order valence-corrected chi connectivity index (χ2v) is 6.58. The molecule has 1 unspecified atom stereocenters. The van der Waals surface area contributed by atoms with Gasteiger partial charge in [0.2, 0.25) is 5.91 Å². The van der Waals surface area contributed by atoms with E-state index in [1.807, 2.05) is 0 Å². The summed E-state index contributed by atoms with van der Waals surface area (Å²) in [6, 6.07) is 2.90. The van der Waals surface area contributed by atoms with Crippen LogP contribution in [-0.2, 0) is 4.79 Å². The van der Waals surface area contributed by atoms with Crippen LogP contribution >= 0.6 is 59.4 Å². The van der Waals surface area contributed by atoms with Crippen LogP contribution in [0.25, 0.3) is 0 Å². The van der Waals surface area contributed by atoms with Gasteiger partial charge < -0.3 is 5.32 Å². The second kappa shape index (κ2) is 6.88. The lowest BCUT2D eigenvalue weighted by molar-refractivity contribution is -0.119. The van der Waals surface area contributed by atoms with Gasteiger partial charge in [-0.3, -0.25) is 10.1 Å². The molecule has 0 bridgehead atoms. The molecule has 0 aliphatic rings. The molecular weight excluding hydrogens is 455 g/mol. The molecule has 0 aromatic heterocycles. The van der Waals surface area contributed by atoms with E-state index in [0.29, 0.717) is 14.6 Å². The number of amides is 3. The maximum Gasteiger partial charge on any atom is 0.325 e. The number of halogens is 4. The SMILES string of the molecule is CC(Cl)C(=O)NC(=O)Nc1c(Br)cc(Br)cc1Br. The first kappa shape index (κ1) is 15.9. The molecule has 2 N–H and O–H groups in total. The van der Waals surface area contributed by atoms with Gasteiger partial charge in [-0.2, -0.15) is 0 Å². The van der Waals surface area contributed by atoms with Crippen LogP contribution in [0.15, 0.2) is 25.6 Å². The van der Waals surface area contributed by atoms with Crippen molar-refractivity contribution in [2.24, 2.45) is 0 Å². The molecule has 0 spiro atoms. The van der Waals surface area contributed by atoms with E-state index in [0.717, 1.165) is 4.47 Å². The summed E-state index contributed by atoms with van der Waals surface area (Å²) in [6.07, 6.45) is 0. The minimum atomic E-state index is -0.771. The number of carbonyl (C=O) groups is 2. The highest BCUT2D eigenvalue weighted by Gasteiger charge is 2.15. The molecule has 0 fully saturated rings. The summed E-state index contributed by atoms with van der Waals surface area (Å²) in [4.78, 5) is 22.8. The van der Waals surface area contributed by atoms with Crippen molar-refractivity contribution in [3.63, 3.8) is 0 Å². The van der Waals surface area contributed by atoms with Crippen LogP contribution in [0.4, 0.5) is 10.5 Å². The van der Waals surface area contributed by atoms with Gasteiger partial charge in [0.25, 0.3) is 0 Å². The Morgan fingerprint density at radius 3 is 2.17 bits per heavy atom. The molecule has 0 saturated heterocycles. The third-order valence-electron chi connectivity index (χ3n) is 1.84. The van der Waals surface area contributed by atoms with Gasteiger partial charge in [-0.05, 0) is 50.9 Å². The highest BCUT2D eigenvalue weighted by molar-refractivity contribution is 9.11. The Balaban J connectivity index is 2.80. The second-order valence-electron chi connectivity index (χ2n) is 3.30. The third kappa shape index (κ3) is 4.53. The van der Waals surface area contributed by atoms with Gasteiger partial charge in [0, 0.05) is 13.4 Å². The summed E-state index contributed by atoms with van der Waals surface area (Å²) in [5.41, 5.74) is 0.519. The Bertz CT molecular complexity index is 471. The van der Waals surface area contributed by atoms with E-state index in [4.69, 9.17) is 11.6 Å². The molecule has 0 aliphatic heterocycles. The number of carbonyl (C=O) groups excluding carboxylic acids is 2. The van der Waals surface area contributed by atoms with Gasteiger partial charge in [0.1, 0.15) is 5.38 Å². The molecule has 98 valence electrons. The van der Waals surface area contributed by atoms with Gasteiger partial charge in [-0.25, -0.2) is 4.79 Å². The molecule has 0 saturated carbocycles. The number of imide groups is 1. The van der Waals surface area contributed by atoms with Crippen molar-refractivity contribution < 1.29 is 9.59 Å². The monoisotopic (exact) mass is 460 g/mol. The highest BCUT2D eigenvalue weighted by atomic mass is 79.9. The number of benzene rings is 1. The standard InChI is InChI=1S/C10H8Br3ClN2O2/c1-4(14)9(17)16-10(18)15-8-6(12)2-5(11)3-7(8)13/h2-4H,1H3,(H2,15,16,17,18). The van der Waals surface area contributed by atoms with Crippen LogP contribution in [0.2, 0.25) is 0 Å². The van der Waals surface area contributed by atoms with Crippen molar-refractivity contribution in [3.05, 3.63) is 25.6 Å². The number of alkyl halides is 1. The molecule has 1 atom stereocenters. The van der Waals surface area contributed by atoms with E-state index in [-0.39, 0.29) is 0 Å². The van der Waals surface area contributed by atoms with E-state index >= 15 is 0 Å². The van der Waals surface area contributed by atoms with Crippen molar-refractivity contribution in [1.82, 2.24) is 5.32 Å². The lowest BCUT2D eigenvalue weighted by atomic mass is 10.3. The summed E-state index contributed by atoms with van der Waals surface area (Å²) in [5.74, 6) is -0.557. The van der Waals surface area contributed by atoms with Crippen molar-refractivity contribution in [2.75, 3.05) is 5.32 Å². The number of rotatable bonds is 2. The number of hydrogen-bond donors (Lipinski definition) is 2. The lowest BCUT2D eigenvalue weighted by Gasteiger charge is -2.11. The lowest BCUT2D eigenvalue weighted by Crippen LogP contribution is -2.38.